The van der Waals surface area contributed by atoms with E-state index in [0.717, 1.165) is 64.2 Å². The molecule has 0 aliphatic rings. The van der Waals surface area contributed by atoms with Crippen LogP contribution in [0.25, 0.3) is 0 Å². The summed E-state index contributed by atoms with van der Waals surface area (Å²) in [6, 6.07) is -0.739. The van der Waals surface area contributed by atoms with Crippen molar-refractivity contribution in [3.8, 4) is 0 Å². The van der Waals surface area contributed by atoms with E-state index in [1.807, 2.05) is 0 Å². The summed E-state index contributed by atoms with van der Waals surface area (Å²) in [7, 11) is 5.38. The van der Waals surface area contributed by atoms with Gasteiger partial charge in [0.1, 0.15) is 12.6 Å². The van der Waals surface area contributed by atoms with Gasteiger partial charge in [0.25, 0.3) is 0 Å². The molecular formula is C48H81NO7. The monoisotopic (exact) mass is 784 g/mol. The Hall–Kier alpha value is -3.23. The van der Waals surface area contributed by atoms with E-state index in [1.54, 1.807) is 21.1 Å². The second-order valence-electron chi connectivity index (χ2n) is 15.6. The molecule has 0 amide bonds. The van der Waals surface area contributed by atoms with Gasteiger partial charge in [-0.25, -0.2) is 0 Å². The molecule has 0 N–H and O–H groups in total. The number of aliphatic carboxylic acids is 1. The minimum atomic E-state index is -1.14. The van der Waals surface area contributed by atoms with Crippen LogP contribution in [-0.4, -0.2) is 75.5 Å². The van der Waals surface area contributed by atoms with Crippen LogP contribution in [0.4, 0.5) is 0 Å². The van der Waals surface area contributed by atoms with Gasteiger partial charge >= 0.3 is 11.9 Å². The number of nitrogens with zero attached hydrogens (tertiary/aromatic N) is 1. The number of ether oxygens (including phenoxy) is 3. The Morgan fingerprint density at radius 1 is 0.554 bits per heavy atom. The number of rotatable bonds is 38. The predicted octanol–water partition coefficient (Wildman–Crippen LogP) is 10.6. The predicted molar refractivity (Wildman–Crippen MR) is 231 cm³/mol. The number of hydrogen-bond acceptors (Lipinski definition) is 7. The molecule has 0 fully saturated rings. The van der Waals surface area contributed by atoms with Crippen molar-refractivity contribution in [3.63, 3.8) is 0 Å². The Morgan fingerprint density at radius 2 is 1.02 bits per heavy atom. The lowest BCUT2D eigenvalue weighted by Crippen LogP contribution is -2.55. The van der Waals surface area contributed by atoms with Crippen molar-refractivity contribution >= 4 is 17.9 Å². The molecule has 0 aromatic rings. The zero-order valence-electron chi connectivity index (χ0n) is 36.3. The molecule has 0 rings (SSSR count). The molecule has 0 aliphatic heterocycles. The highest BCUT2D eigenvalue weighted by Crippen LogP contribution is 2.12. The maximum Gasteiger partial charge on any atom is 0.306 e. The van der Waals surface area contributed by atoms with Crippen LogP contribution in [0.1, 0.15) is 162 Å². The molecule has 8 nitrogen and oxygen atoms in total. The molecule has 2 atom stereocenters. The lowest BCUT2D eigenvalue weighted by atomic mass is 10.1. The van der Waals surface area contributed by atoms with Gasteiger partial charge in [-0.3, -0.25) is 9.59 Å². The van der Waals surface area contributed by atoms with E-state index in [2.05, 4.69) is 86.8 Å². The molecule has 320 valence electrons. The Bertz CT molecular complexity index is 1140. The van der Waals surface area contributed by atoms with Crippen molar-refractivity contribution in [2.45, 2.75) is 174 Å². The Kier molecular flexibility index (Phi) is 36.4. The van der Waals surface area contributed by atoms with E-state index in [1.165, 1.54) is 57.8 Å². The van der Waals surface area contributed by atoms with Gasteiger partial charge in [0.2, 0.25) is 0 Å². The lowest BCUT2D eigenvalue weighted by Gasteiger charge is -2.34. The first-order valence-corrected chi connectivity index (χ1v) is 22.0. The van der Waals surface area contributed by atoms with Gasteiger partial charge in [-0.2, -0.15) is 0 Å². The third kappa shape index (κ3) is 36.4. The largest absolute Gasteiger partial charge is 0.544 e. The van der Waals surface area contributed by atoms with Crippen LogP contribution < -0.4 is 5.11 Å². The average Bonchev–Trinajstić information content (AvgIpc) is 3.15. The summed E-state index contributed by atoms with van der Waals surface area (Å²) in [6.45, 7) is 4.52. The zero-order chi connectivity index (χ0) is 41.4. The van der Waals surface area contributed by atoms with E-state index in [-0.39, 0.29) is 49.1 Å². The number of likely N-dealkylation sites (N-methyl/N-ethyl adjacent to an activating group) is 1. The number of carboxylic acids is 1. The molecule has 0 spiro atoms. The number of allylic oxidation sites excluding steroid dienone is 12. The highest BCUT2D eigenvalue weighted by molar-refractivity contribution is 5.70. The van der Waals surface area contributed by atoms with Gasteiger partial charge in [-0.1, -0.05) is 138 Å². The van der Waals surface area contributed by atoms with Gasteiger partial charge in [-0.15, -0.1) is 0 Å². The van der Waals surface area contributed by atoms with E-state index < -0.39 is 18.1 Å². The first kappa shape index (κ1) is 52.8. The van der Waals surface area contributed by atoms with Gasteiger partial charge < -0.3 is 28.6 Å². The third-order valence-electron chi connectivity index (χ3n) is 9.34. The van der Waals surface area contributed by atoms with Crippen LogP contribution in [0.2, 0.25) is 0 Å². The fourth-order valence-corrected chi connectivity index (χ4v) is 5.88. The van der Waals surface area contributed by atoms with Crippen LogP contribution in [0.5, 0.6) is 0 Å². The Morgan fingerprint density at radius 3 is 1.55 bits per heavy atom. The van der Waals surface area contributed by atoms with Crippen molar-refractivity contribution in [2.24, 2.45) is 0 Å². The van der Waals surface area contributed by atoms with Crippen LogP contribution >= 0.6 is 0 Å². The summed E-state index contributed by atoms with van der Waals surface area (Å²) in [5, 5.41) is 11.6. The van der Waals surface area contributed by atoms with Crippen molar-refractivity contribution < 1.29 is 38.2 Å². The molecule has 0 saturated heterocycles. The van der Waals surface area contributed by atoms with Gasteiger partial charge in [0.15, 0.2) is 6.10 Å². The van der Waals surface area contributed by atoms with Gasteiger partial charge in [0, 0.05) is 19.3 Å². The second kappa shape index (κ2) is 38.6. The molecule has 0 bridgehead atoms. The van der Waals surface area contributed by atoms with Crippen molar-refractivity contribution in [3.05, 3.63) is 72.9 Å². The first-order chi connectivity index (χ1) is 27.1. The maximum absolute atomic E-state index is 12.7. The summed E-state index contributed by atoms with van der Waals surface area (Å²) < 4.78 is 17.1. The molecule has 0 heterocycles. The minimum absolute atomic E-state index is 0.0151. The van der Waals surface area contributed by atoms with Crippen LogP contribution in [-0.2, 0) is 28.6 Å². The molecule has 0 aromatic carbocycles. The normalized spacial score (nSPS) is 13.7. The van der Waals surface area contributed by atoms with Crippen LogP contribution in [0, 0.1) is 0 Å². The van der Waals surface area contributed by atoms with E-state index in [9.17, 15) is 19.5 Å². The van der Waals surface area contributed by atoms with E-state index >= 15 is 0 Å². The number of carbonyl (C=O) groups excluding carboxylic acids is 3. The van der Waals surface area contributed by atoms with Gasteiger partial charge in [-0.05, 0) is 77.0 Å². The molecule has 2 unspecified atom stereocenters. The molecule has 0 aromatic heterocycles. The Labute approximate surface area is 342 Å². The fraction of sp³-hybridized carbons (Fsp3) is 0.688. The number of unbranched alkanes of at least 4 members (excludes halogenated alkanes) is 13. The van der Waals surface area contributed by atoms with Crippen LogP contribution in [0.15, 0.2) is 72.9 Å². The van der Waals surface area contributed by atoms with Gasteiger partial charge in [0.05, 0.1) is 40.3 Å². The second-order valence-corrected chi connectivity index (χ2v) is 15.6. The summed E-state index contributed by atoms with van der Waals surface area (Å²) >= 11 is 0. The number of carbonyl (C=O) groups is 3. The molecule has 8 heteroatoms. The zero-order valence-corrected chi connectivity index (χ0v) is 36.3. The molecule has 56 heavy (non-hydrogen) atoms. The Balaban J connectivity index is 4.48. The van der Waals surface area contributed by atoms with Crippen molar-refractivity contribution in [1.82, 2.24) is 0 Å². The maximum atomic E-state index is 12.7. The number of esters is 2. The summed E-state index contributed by atoms with van der Waals surface area (Å²) in [5.41, 5.74) is 0. The van der Waals surface area contributed by atoms with E-state index in [0.29, 0.717) is 12.8 Å². The molecule has 0 radical (unpaired) electrons. The quantitative estimate of drug-likeness (QED) is 0.0202. The molecule has 0 saturated carbocycles. The first-order valence-electron chi connectivity index (χ1n) is 22.0. The number of hydrogen-bond donors (Lipinski definition) is 0. The fourth-order valence-electron chi connectivity index (χ4n) is 5.88. The topological polar surface area (TPSA) is 102 Å². The van der Waals surface area contributed by atoms with Crippen LogP contribution in [0.3, 0.4) is 0 Å². The summed E-state index contributed by atoms with van der Waals surface area (Å²) in [4.78, 5) is 36.8. The third-order valence-corrected chi connectivity index (χ3v) is 9.34. The van der Waals surface area contributed by atoms with E-state index in [4.69, 9.17) is 14.2 Å². The number of carboxylic acid groups (broad SMARTS) is 1. The lowest BCUT2D eigenvalue weighted by molar-refractivity contribution is -0.889. The highest BCUT2D eigenvalue weighted by Gasteiger charge is 2.25. The van der Waals surface area contributed by atoms with Crippen molar-refractivity contribution in [1.29, 1.82) is 0 Å². The minimum Gasteiger partial charge on any atom is -0.544 e. The SMILES string of the molecule is CCCCC/C=C/C=C/CCCCCCCCC(=O)OC(COCCC(C(=O)[O-])[N+](C)(C)C)COC(=O)CCC/C=C/C/C=C/C/C=C/C/C=C/CCCCC. The highest BCUT2D eigenvalue weighted by atomic mass is 16.6. The number of quaternary nitrogens is 1. The summed E-state index contributed by atoms with van der Waals surface area (Å²) in [5.74, 6) is -1.83. The molecule has 0 aliphatic carbocycles. The van der Waals surface area contributed by atoms with Crippen molar-refractivity contribution in [2.75, 3.05) is 41.0 Å². The molecular weight excluding hydrogens is 703 g/mol. The standard InChI is InChI=1S/C48H81NO7/c1-6-8-10-12-14-16-18-20-22-23-25-26-28-30-32-34-36-38-46(50)55-43-44(42-54-41-40-45(48(52)53)49(3,4)5)56-47(51)39-37-35-33-31-29-27-24-21-19-17-15-13-11-9-7-2/h14-17,19-22,25-26,30,32,44-45H,6-13,18,23-24,27-29,31,33-43H2,1-5H3/b16-14+,17-15+,21-19+,22-20+,26-25+,32-30+. The summed E-state index contributed by atoms with van der Waals surface area (Å²) in [6.07, 6.45) is 47.8. The smallest absolute Gasteiger partial charge is 0.306 e. The average molecular weight is 784 g/mol.